The van der Waals surface area contributed by atoms with Gasteiger partial charge in [-0.05, 0) is 36.6 Å². The third kappa shape index (κ3) is 5.88. The molecule has 0 aliphatic heterocycles. The molecule has 2 aromatic carbocycles. The van der Waals surface area contributed by atoms with Gasteiger partial charge >= 0.3 is 6.03 Å². The maximum absolute atomic E-state index is 12.3. The molecular weight excluding hydrogens is 338 g/mol. The number of carbonyl (C=O) groups excluding carboxylic acids is 1. The van der Waals surface area contributed by atoms with E-state index >= 15 is 0 Å². The summed E-state index contributed by atoms with van der Waals surface area (Å²) < 4.78 is 27.1. The summed E-state index contributed by atoms with van der Waals surface area (Å²) in [4.78, 5) is 12.0. The van der Waals surface area contributed by atoms with Gasteiger partial charge in [0.2, 0.25) is 10.0 Å². The van der Waals surface area contributed by atoms with E-state index < -0.39 is 10.0 Å². The van der Waals surface area contributed by atoms with Crippen molar-refractivity contribution in [2.24, 2.45) is 0 Å². The summed E-state index contributed by atoms with van der Waals surface area (Å²) in [5.74, 6) is 0. The van der Waals surface area contributed by atoms with Gasteiger partial charge in [0.15, 0.2) is 0 Å². The second-order valence-corrected chi connectivity index (χ2v) is 7.50. The lowest BCUT2D eigenvalue weighted by Gasteiger charge is -2.11. The Bertz CT molecular complexity index is 821. The van der Waals surface area contributed by atoms with Crippen molar-refractivity contribution < 1.29 is 13.2 Å². The van der Waals surface area contributed by atoms with Crippen LogP contribution in [0.2, 0.25) is 0 Å². The van der Waals surface area contributed by atoms with Crippen LogP contribution in [-0.2, 0) is 16.6 Å². The summed E-state index contributed by atoms with van der Waals surface area (Å²) in [5, 5.41) is 5.34. The molecule has 0 heterocycles. The number of urea groups is 1. The predicted molar refractivity (Wildman–Crippen MR) is 97.8 cm³/mol. The molecule has 2 aromatic rings. The lowest BCUT2D eigenvalue weighted by molar-refractivity contribution is 0.240. The van der Waals surface area contributed by atoms with Crippen molar-refractivity contribution >= 4 is 16.1 Å². The van der Waals surface area contributed by atoms with Crippen LogP contribution < -0.4 is 15.4 Å². The topological polar surface area (TPSA) is 87.3 Å². The lowest BCUT2D eigenvalue weighted by atomic mass is 10.2. The van der Waals surface area contributed by atoms with Crippen LogP contribution in [0, 0.1) is 13.8 Å². The first kappa shape index (κ1) is 19.0. The number of hydrogen-bond donors (Lipinski definition) is 3. The van der Waals surface area contributed by atoms with Crippen molar-refractivity contribution in [3.8, 4) is 0 Å². The van der Waals surface area contributed by atoms with E-state index in [-0.39, 0.29) is 24.0 Å². The number of nitrogens with one attached hydrogen (secondary N) is 3. The monoisotopic (exact) mass is 361 g/mol. The fourth-order valence-electron chi connectivity index (χ4n) is 2.28. The Morgan fingerprint density at radius 2 is 1.68 bits per heavy atom. The van der Waals surface area contributed by atoms with Crippen LogP contribution >= 0.6 is 0 Å². The number of carbonyl (C=O) groups is 1. The van der Waals surface area contributed by atoms with Gasteiger partial charge in [-0.25, -0.2) is 17.9 Å². The van der Waals surface area contributed by atoms with Crippen LogP contribution in [0.5, 0.6) is 0 Å². The normalized spacial score (nSPS) is 11.1. The van der Waals surface area contributed by atoms with Crippen molar-refractivity contribution in [3.63, 3.8) is 0 Å². The fraction of sp³-hybridized carbons (Fsp3) is 0.278. The van der Waals surface area contributed by atoms with Crippen molar-refractivity contribution in [2.75, 3.05) is 13.1 Å². The Balaban J connectivity index is 1.76. The zero-order valence-electron chi connectivity index (χ0n) is 14.4. The quantitative estimate of drug-likeness (QED) is 0.660. The van der Waals surface area contributed by atoms with Crippen LogP contribution in [0.25, 0.3) is 0 Å². The third-order valence-electron chi connectivity index (χ3n) is 3.63. The predicted octanol–water partition coefficient (Wildman–Crippen LogP) is 2.08. The fourth-order valence-corrected chi connectivity index (χ4v) is 3.64. The maximum atomic E-state index is 12.3. The van der Waals surface area contributed by atoms with Gasteiger partial charge in [-0.3, -0.25) is 0 Å². The molecule has 0 bridgehead atoms. The van der Waals surface area contributed by atoms with Gasteiger partial charge in [-0.15, -0.1) is 0 Å². The summed E-state index contributed by atoms with van der Waals surface area (Å²) in [6.07, 6.45) is 0. The van der Waals surface area contributed by atoms with Gasteiger partial charge in [0.25, 0.3) is 0 Å². The van der Waals surface area contributed by atoms with E-state index in [1.54, 1.807) is 19.1 Å². The SMILES string of the molecule is Cc1ccc(C)c(S(=O)(=O)NCCNC(=O)NCc2ccccc2)c1. The molecule has 0 radical (unpaired) electrons. The summed E-state index contributed by atoms with van der Waals surface area (Å²) in [5.41, 5.74) is 2.56. The molecule has 0 aromatic heterocycles. The smallest absolute Gasteiger partial charge is 0.315 e. The average Bonchev–Trinajstić information content (AvgIpc) is 2.60. The van der Waals surface area contributed by atoms with Crippen molar-refractivity contribution in [2.45, 2.75) is 25.3 Å². The molecule has 134 valence electrons. The zero-order chi connectivity index (χ0) is 18.3. The first-order valence-corrected chi connectivity index (χ1v) is 9.49. The first-order valence-electron chi connectivity index (χ1n) is 8.01. The summed E-state index contributed by atoms with van der Waals surface area (Å²) in [7, 11) is -3.59. The molecule has 6 nitrogen and oxygen atoms in total. The third-order valence-corrected chi connectivity index (χ3v) is 5.23. The van der Waals surface area contributed by atoms with Gasteiger partial charge < -0.3 is 10.6 Å². The van der Waals surface area contributed by atoms with Crippen LogP contribution in [0.15, 0.2) is 53.4 Å². The molecule has 2 amide bonds. The molecule has 0 saturated carbocycles. The van der Waals surface area contributed by atoms with Gasteiger partial charge in [-0.1, -0.05) is 42.5 Å². The van der Waals surface area contributed by atoms with E-state index in [0.717, 1.165) is 11.1 Å². The Hall–Kier alpha value is -2.38. The van der Waals surface area contributed by atoms with Crippen molar-refractivity contribution in [3.05, 3.63) is 65.2 Å². The Morgan fingerprint density at radius 3 is 2.40 bits per heavy atom. The molecule has 0 atom stereocenters. The minimum Gasteiger partial charge on any atom is -0.337 e. The van der Waals surface area contributed by atoms with Gasteiger partial charge in [-0.2, -0.15) is 0 Å². The molecule has 0 aliphatic carbocycles. The highest BCUT2D eigenvalue weighted by molar-refractivity contribution is 7.89. The van der Waals surface area contributed by atoms with E-state index in [4.69, 9.17) is 0 Å². The van der Waals surface area contributed by atoms with E-state index in [1.807, 2.05) is 43.3 Å². The zero-order valence-corrected chi connectivity index (χ0v) is 15.2. The molecule has 7 heteroatoms. The molecule has 0 spiro atoms. The van der Waals surface area contributed by atoms with E-state index in [9.17, 15) is 13.2 Å². The highest BCUT2D eigenvalue weighted by Crippen LogP contribution is 2.16. The lowest BCUT2D eigenvalue weighted by Crippen LogP contribution is -2.40. The Labute approximate surface area is 148 Å². The second kappa shape index (κ2) is 8.64. The molecule has 0 saturated heterocycles. The van der Waals surface area contributed by atoms with Crippen LogP contribution in [0.4, 0.5) is 4.79 Å². The summed E-state index contributed by atoms with van der Waals surface area (Å²) in [6.45, 7) is 4.33. The summed E-state index contributed by atoms with van der Waals surface area (Å²) in [6, 6.07) is 14.5. The molecule has 2 rings (SSSR count). The van der Waals surface area contributed by atoms with Crippen LogP contribution in [0.1, 0.15) is 16.7 Å². The maximum Gasteiger partial charge on any atom is 0.315 e. The summed E-state index contributed by atoms with van der Waals surface area (Å²) >= 11 is 0. The van der Waals surface area contributed by atoms with Crippen molar-refractivity contribution in [1.82, 2.24) is 15.4 Å². The highest BCUT2D eigenvalue weighted by atomic mass is 32.2. The largest absolute Gasteiger partial charge is 0.337 e. The van der Waals surface area contributed by atoms with E-state index in [2.05, 4.69) is 15.4 Å². The Kier molecular flexibility index (Phi) is 6.55. The number of sulfonamides is 1. The van der Waals surface area contributed by atoms with Gasteiger partial charge in [0.05, 0.1) is 4.90 Å². The van der Waals surface area contributed by atoms with Crippen LogP contribution in [-0.4, -0.2) is 27.5 Å². The standard InChI is InChI=1S/C18H23N3O3S/c1-14-8-9-15(2)17(12-14)25(23,24)21-11-10-19-18(22)20-13-16-6-4-3-5-7-16/h3-9,12,21H,10-11,13H2,1-2H3,(H2,19,20,22). The molecule has 0 fully saturated rings. The molecule has 0 unspecified atom stereocenters. The first-order chi connectivity index (χ1) is 11.9. The molecule has 0 aliphatic rings. The minimum absolute atomic E-state index is 0.120. The van der Waals surface area contributed by atoms with Gasteiger partial charge in [0.1, 0.15) is 0 Å². The molecular formula is C18H23N3O3S. The van der Waals surface area contributed by atoms with Crippen LogP contribution in [0.3, 0.4) is 0 Å². The number of amides is 2. The van der Waals surface area contributed by atoms with Gasteiger partial charge in [0, 0.05) is 19.6 Å². The number of hydrogen-bond acceptors (Lipinski definition) is 3. The van der Waals surface area contributed by atoms with E-state index in [0.29, 0.717) is 12.1 Å². The van der Waals surface area contributed by atoms with E-state index in [1.165, 1.54) is 0 Å². The molecule has 25 heavy (non-hydrogen) atoms. The highest BCUT2D eigenvalue weighted by Gasteiger charge is 2.16. The Morgan fingerprint density at radius 1 is 0.960 bits per heavy atom. The number of aryl methyl sites for hydroxylation is 2. The second-order valence-electron chi connectivity index (χ2n) is 5.76. The minimum atomic E-state index is -3.59. The molecule has 3 N–H and O–H groups in total. The van der Waals surface area contributed by atoms with Crippen molar-refractivity contribution in [1.29, 1.82) is 0 Å². The average molecular weight is 361 g/mol. The number of benzene rings is 2. The number of rotatable bonds is 7.